The van der Waals surface area contributed by atoms with Gasteiger partial charge < -0.3 is 19.2 Å². The molecule has 3 rings (SSSR count). The molecule has 0 bridgehead atoms. The Morgan fingerprint density at radius 3 is 2.48 bits per heavy atom. The van der Waals surface area contributed by atoms with Crippen LogP contribution in [-0.4, -0.2) is 24.8 Å². The molecule has 0 fully saturated rings. The SMILES string of the molecule is COC(=O)c1cc(C)sc1NC(=O)c1ccc(COc2ccc(C(C)=O)cc2)o1. The number of anilines is 1. The molecule has 0 aliphatic carbocycles. The molecule has 29 heavy (non-hydrogen) atoms. The Balaban J connectivity index is 1.63. The summed E-state index contributed by atoms with van der Waals surface area (Å²) in [6, 6.07) is 11.6. The van der Waals surface area contributed by atoms with Crippen LogP contribution in [0.15, 0.2) is 46.9 Å². The minimum Gasteiger partial charge on any atom is -0.486 e. The lowest BCUT2D eigenvalue weighted by Crippen LogP contribution is -2.13. The van der Waals surface area contributed by atoms with Crippen molar-refractivity contribution < 1.29 is 28.3 Å². The van der Waals surface area contributed by atoms with Crippen molar-refractivity contribution >= 4 is 34.0 Å². The van der Waals surface area contributed by atoms with Crippen molar-refractivity contribution in [1.29, 1.82) is 0 Å². The van der Waals surface area contributed by atoms with Crippen LogP contribution >= 0.6 is 11.3 Å². The van der Waals surface area contributed by atoms with Crippen molar-refractivity contribution in [3.63, 3.8) is 0 Å². The first-order chi connectivity index (χ1) is 13.9. The third-order valence-corrected chi connectivity index (χ3v) is 4.98. The summed E-state index contributed by atoms with van der Waals surface area (Å²) in [4.78, 5) is 36.4. The van der Waals surface area contributed by atoms with Gasteiger partial charge in [0.2, 0.25) is 0 Å². The van der Waals surface area contributed by atoms with Gasteiger partial charge in [0.25, 0.3) is 5.91 Å². The number of ether oxygens (including phenoxy) is 2. The number of ketones is 1. The molecule has 0 unspecified atom stereocenters. The Hall–Kier alpha value is -3.39. The molecule has 0 radical (unpaired) electrons. The van der Waals surface area contributed by atoms with E-state index in [4.69, 9.17) is 13.9 Å². The number of hydrogen-bond donors (Lipinski definition) is 1. The lowest BCUT2D eigenvalue weighted by Gasteiger charge is -2.05. The van der Waals surface area contributed by atoms with Crippen LogP contribution in [0.3, 0.4) is 0 Å². The van der Waals surface area contributed by atoms with Crippen LogP contribution < -0.4 is 10.1 Å². The minimum atomic E-state index is -0.519. The zero-order chi connectivity index (χ0) is 21.0. The van der Waals surface area contributed by atoms with Gasteiger partial charge in [0, 0.05) is 10.4 Å². The monoisotopic (exact) mass is 413 g/mol. The predicted molar refractivity (Wildman–Crippen MR) is 108 cm³/mol. The van der Waals surface area contributed by atoms with E-state index in [2.05, 4.69) is 5.32 Å². The van der Waals surface area contributed by atoms with Crippen molar-refractivity contribution in [1.82, 2.24) is 0 Å². The summed E-state index contributed by atoms with van der Waals surface area (Å²) in [5, 5.41) is 3.08. The summed E-state index contributed by atoms with van der Waals surface area (Å²) in [5.74, 6) is 0.116. The number of hydrogen-bond acceptors (Lipinski definition) is 7. The van der Waals surface area contributed by atoms with Crippen LogP contribution in [0.5, 0.6) is 5.75 Å². The Morgan fingerprint density at radius 1 is 1.10 bits per heavy atom. The van der Waals surface area contributed by atoms with Gasteiger partial charge in [-0.15, -0.1) is 11.3 Å². The lowest BCUT2D eigenvalue weighted by molar-refractivity contribution is 0.0602. The summed E-state index contributed by atoms with van der Waals surface area (Å²) in [7, 11) is 1.29. The van der Waals surface area contributed by atoms with E-state index in [9.17, 15) is 14.4 Å². The first-order valence-corrected chi connectivity index (χ1v) is 9.51. The minimum absolute atomic E-state index is 0.0190. The second-order valence-electron chi connectivity index (χ2n) is 6.18. The second kappa shape index (κ2) is 8.74. The molecule has 7 nitrogen and oxygen atoms in total. The number of amides is 1. The van der Waals surface area contributed by atoms with Crippen molar-refractivity contribution in [2.75, 3.05) is 12.4 Å². The molecule has 1 N–H and O–H groups in total. The molecule has 0 aliphatic rings. The highest BCUT2D eigenvalue weighted by Crippen LogP contribution is 2.29. The Bertz CT molecular complexity index is 1050. The standard InChI is InChI=1S/C21H19NO6S/c1-12-10-17(21(25)26-3)20(29-12)22-19(24)18-9-8-16(28-18)11-27-15-6-4-14(5-7-15)13(2)23/h4-10H,11H2,1-3H3,(H,22,24). The fourth-order valence-electron chi connectivity index (χ4n) is 2.55. The number of furan rings is 1. The number of rotatable bonds is 7. The second-order valence-corrected chi connectivity index (χ2v) is 7.44. The van der Waals surface area contributed by atoms with Crippen molar-refractivity contribution in [2.24, 2.45) is 0 Å². The number of carbonyl (C=O) groups excluding carboxylic acids is 3. The van der Waals surface area contributed by atoms with Gasteiger partial charge in [-0.25, -0.2) is 4.79 Å². The highest BCUT2D eigenvalue weighted by Gasteiger charge is 2.19. The number of Topliss-reactive ketones (excluding diaryl/α,β-unsaturated/α-hetero) is 1. The fourth-order valence-corrected chi connectivity index (χ4v) is 3.45. The number of carbonyl (C=O) groups is 3. The van der Waals surface area contributed by atoms with E-state index in [1.54, 1.807) is 36.4 Å². The van der Waals surface area contributed by atoms with Crippen LogP contribution in [0.4, 0.5) is 5.00 Å². The average molecular weight is 413 g/mol. The number of esters is 1. The van der Waals surface area contributed by atoms with E-state index in [0.717, 1.165) is 4.88 Å². The Labute approximate surface area is 171 Å². The highest BCUT2D eigenvalue weighted by molar-refractivity contribution is 7.16. The predicted octanol–water partition coefficient (Wildman–Crippen LogP) is 4.47. The fraction of sp³-hybridized carbons (Fsp3) is 0.190. The summed E-state index contributed by atoms with van der Waals surface area (Å²) >= 11 is 1.28. The molecule has 0 spiro atoms. The summed E-state index contributed by atoms with van der Waals surface area (Å²) in [5.41, 5.74) is 0.900. The van der Waals surface area contributed by atoms with Gasteiger partial charge in [0.1, 0.15) is 23.1 Å². The number of benzene rings is 1. The molecular weight excluding hydrogens is 394 g/mol. The van der Waals surface area contributed by atoms with E-state index >= 15 is 0 Å². The zero-order valence-corrected chi connectivity index (χ0v) is 16.9. The molecule has 1 amide bonds. The third kappa shape index (κ3) is 4.91. The maximum atomic E-state index is 12.5. The van der Waals surface area contributed by atoms with Crippen molar-refractivity contribution in [2.45, 2.75) is 20.5 Å². The van der Waals surface area contributed by atoms with Gasteiger partial charge in [-0.1, -0.05) is 0 Å². The van der Waals surface area contributed by atoms with Crippen LogP contribution in [0.2, 0.25) is 0 Å². The topological polar surface area (TPSA) is 94.8 Å². The molecular formula is C21H19NO6S. The summed E-state index contributed by atoms with van der Waals surface area (Å²) in [6.45, 7) is 3.45. The molecule has 0 saturated carbocycles. The molecule has 2 aromatic heterocycles. The van der Waals surface area contributed by atoms with Crippen LogP contribution in [-0.2, 0) is 11.3 Å². The van der Waals surface area contributed by atoms with E-state index in [1.165, 1.54) is 31.4 Å². The maximum absolute atomic E-state index is 12.5. The maximum Gasteiger partial charge on any atom is 0.340 e. The van der Waals surface area contributed by atoms with E-state index in [1.807, 2.05) is 6.92 Å². The van der Waals surface area contributed by atoms with E-state index < -0.39 is 11.9 Å². The molecule has 2 heterocycles. The van der Waals surface area contributed by atoms with Gasteiger partial charge >= 0.3 is 5.97 Å². The molecule has 8 heteroatoms. The van der Waals surface area contributed by atoms with Gasteiger partial charge in [-0.3, -0.25) is 9.59 Å². The van der Waals surface area contributed by atoms with Gasteiger partial charge in [0.15, 0.2) is 11.5 Å². The number of methoxy groups -OCH3 is 1. The Kier molecular flexibility index (Phi) is 6.13. The van der Waals surface area contributed by atoms with Gasteiger partial charge in [-0.2, -0.15) is 0 Å². The van der Waals surface area contributed by atoms with E-state index in [-0.39, 0.29) is 18.2 Å². The summed E-state index contributed by atoms with van der Waals surface area (Å²) < 4.78 is 15.9. The first-order valence-electron chi connectivity index (χ1n) is 8.70. The number of aryl methyl sites for hydroxylation is 1. The zero-order valence-electron chi connectivity index (χ0n) is 16.1. The molecule has 150 valence electrons. The molecule has 0 atom stereocenters. The van der Waals surface area contributed by atoms with E-state index in [0.29, 0.717) is 27.6 Å². The molecule has 3 aromatic rings. The quantitative estimate of drug-likeness (QED) is 0.454. The van der Waals surface area contributed by atoms with Gasteiger partial charge in [-0.05, 0) is 56.3 Å². The van der Waals surface area contributed by atoms with Crippen LogP contribution in [0.1, 0.15) is 48.8 Å². The average Bonchev–Trinajstić information content (AvgIpc) is 3.32. The smallest absolute Gasteiger partial charge is 0.340 e. The highest BCUT2D eigenvalue weighted by atomic mass is 32.1. The van der Waals surface area contributed by atoms with Crippen molar-refractivity contribution in [3.05, 3.63) is 70.0 Å². The number of nitrogens with one attached hydrogen (secondary N) is 1. The largest absolute Gasteiger partial charge is 0.486 e. The number of thiophene rings is 1. The Morgan fingerprint density at radius 2 is 1.83 bits per heavy atom. The van der Waals surface area contributed by atoms with Gasteiger partial charge in [0.05, 0.1) is 12.7 Å². The summed E-state index contributed by atoms with van der Waals surface area (Å²) in [6.07, 6.45) is 0. The third-order valence-electron chi connectivity index (χ3n) is 4.02. The van der Waals surface area contributed by atoms with Crippen molar-refractivity contribution in [3.8, 4) is 5.75 Å². The molecule has 0 aliphatic heterocycles. The van der Waals surface area contributed by atoms with Crippen LogP contribution in [0, 0.1) is 6.92 Å². The molecule has 0 saturated heterocycles. The van der Waals surface area contributed by atoms with Crippen LogP contribution in [0.25, 0.3) is 0 Å². The first kappa shape index (κ1) is 20.3. The molecule has 1 aromatic carbocycles. The lowest BCUT2D eigenvalue weighted by atomic mass is 10.1. The normalized spacial score (nSPS) is 10.4.